The number of thioether (sulfide) groups is 1. The Morgan fingerprint density at radius 3 is 2.70 bits per heavy atom. The van der Waals surface area contributed by atoms with Gasteiger partial charge in [-0.2, -0.15) is 0 Å². The molecule has 0 spiro atoms. The van der Waals surface area contributed by atoms with Crippen molar-refractivity contribution >= 4 is 28.4 Å². The first kappa shape index (κ1) is 18.1. The van der Waals surface area contributed by atoms with Crippen molar-refractivity contribution in [2.45, 2.75) is 44.6 Å². The molecule has 1 unspecified atom stereocenters. The Labute approximate surface area is 144 Å². The first-order valence-electron chi connectivity index (χ1n) is 8.59. The molecule has 0 aliphatic heterocycles. The molecule has 2 aromatic rings. The predicted molar refractivity (Wildman–Crippen MR) is 104 cm³/mol. The SMILES string of the molecule is CCN(CC)CCCC(C)Nc1ccnc2ccc(SC)cc12. The van der Waals surface area contributed by atoms with E-state index in [9.17, 15) is 0 Å². The van der Waals surface area contributed by atoms with E-state index in [2.05, 4.69) is 66.5 Å². The zero-order valence-electron chi connectivity index (χ0n) is 14.8. The van der Waals surface area contributed by atoms with Crippen LogP contribution in [0.2, 0.25) is 0 Å². The number of fused-ring (bicyclic) bond motifs is 1. The number of aromatic nitrogens is 1. The molecule has 0 aliphatic rings. The van der Waals surface area contributed by atoms with Crippen LogP contribution in [0.3, 0.4) is 0 Å². The lowest BCUT2D eigenvalue weighted by Gasteiger charge is -2.21. The highest BCUT2D eigenvalue weighted by Crippen LogP contribution is 2.27. The van der Waals surface area contributed by atoms with Crippen molar-refractivity contribution < 1.29 is 0 Å². The van der Waals surface area contributed by atoms with Gasteiger partial charge in [-0.1, -0.05) is 13.8 Å². The molecular weight excluding hydrogens is 302 g/mol. The Hall–Kier alpha value is -1.26. The largest absolute Gasteiger partial charge is 0.382 e. The smallest absolute Gasteiger partial charge is 0.0723 e. The van der Waals surface area contributed by atoms with Crippen LogP contribution in [0.25, 0.3) is 10.9 Å². The van der Waals surface area contributed by atoms with Crippen LogP contribution in [0.15, 0.2) is 35.4 Å². The van der Waals surface area contributed by atoms with Gasteiger partial charge in [0.1, 0.15) is 0 Å². The van der Waals surface area contributed by atoms with Gasteiger partial charge >= 0.3 is 0 Å². The van der Waals surface area contributed by atoms with E-state index in [-0.39, 0.29) is 0 Å². The summed E-state index contributed by atoms with van der Waals surface area (Å²) in [6.45, 7) is 10.2. The quantitative estimate of drug-likeness (QED) is 0.663. The number of hydrogen-bond donors (Lipinski definition) is 1. The zero-order chi connectivity index (χ0) is 16.7. The van der Waals surface area contributed by atoms with Crippen LogP contribution in [-0.4, -0.2) is 41.8 Å². The number of nitrogens with zero attached hydrogens (tertiary/aromatic N) is 2. The molecule has 1 atom stereocenters. The zero-order valence-corrected chi connectivity index (χ0v) is 15.6. The number of hydrogen-bond acceptors (Lipinski definition) is 4. The molecule has 2 rings (SSSR count). The molecule has 0 amide bonds. The van der Waals surface area contributed by atoms with Gasteiger partial charge in [0.25, 0.3) is 0 Å². The number of rotatable bonds is 9. The molecule has 126 valence electrons. The third kappa shape index (κ3) is 5.11. The molecule has 0 radical (unpaired) electrons. The summed E-state index contributed by atoms with van der Waals surface area (Å²) in [5.41, 5.74) is 2.25. The summed E-state index contributed by atoms with van der Waals surface area (Å²) in [6, 6.07) is 9.04. The molecule has 0 saturated heterocycles. The van der Waals surface area contributed by atoms with E-state index in [1.54, 1.807) is 11.8 Å². The number of anilines is 1. The lowest BCUT2D eigenvalue weighted by Crippen LogP contribution is -2.25. The molecule has 0 aliphatic carbocycles. The average Bonchev–Trinajstić information content (AvgIpc) is 2.58. The van der Waals surface area contributed by atoms with E-state index in [0.29, 0.717) is 6.04 Å². The highest BCUT2D eigenvalue weighted by atomic mass is 32.2. The van der Waals surface area contributed by atoms with Crippen molar-refractivity contribution in [3.8, 4) is 0 Å². The van der Waals surface area contributed by atoms with E-state index in [1.165, 1.54) is 35.4 Å². The second kappa shape index (κ2) is 9.14. The Morgan fingerprint density at radius 1 is 1.22 bits per heavy atom. The summed E-state index contributed by atoms with van der Waals surface area (Å²) in [5.74, 6) is 0. The van der Waals surface area contributed by atoms with Crippen molar-refractivity contribution in [3.63, 3.8) is 0 Å². The van der Waals surface area contributed by atoms with Gasteiger partial charge in [-0.25, -0.2) is 0 Å². The molecule has 3 nitrogen and oxygen atoms in total. The number of pyridine rings is 1. The minimum Gasteiger partial charge on any atom is -0.382 e. The molecule has 1 N–H and O–H groups in total. The Kier molecular flexibility index (Phi) is 7.18. The van der Waals surface area contributed by atoms with Crippen LogP contribution in [0.4, 0.5) is 5.69 Å². The summed E-state index contributed by atoms with van der Waals surface area (Å²) in [5, 5.41) is 4.90. The van der Waals surface area contributed by atoms with Gasteiger partial charge in [0.05, 0.1) is 5.52 Å². The molecule has 1 aromatic carbocycles. The summed E-state index contributed by atoms with van der Waals surface area (Å²) in [4.78, 5) is 8.24. The number of benzene rings is 1. The van der Waals surface area contributed by atoms with Crippen LogP contribution in [0, 0.1) is 0 Å². The van der Waals surface area contributed by atoms with Gasteiger partial charge in [0.2, 0.25) is 0 Å². The monoisotopic (exact) mass is 331 g/mol. The molecular formula is C19H29N3S. The van der Waals surface area contributed by atoms with Crippen LogP contribution in [-0.2, 0) is 0 Å². The molecule has 0 fully saturated rings. The Balaban J connectivity index is 2.00. The maximum Gasteiger partial charge on any atom is 0.0723 e. The highest BCUT2D eigenvalue weighted by molar-refractivity contribution is 7.98. The minimum atomic E-state index is 0.467. The third-order valence-corrected chi connectivity index (χ3v) is 5.08. The van der Waals surface area contributed by atoms with Gasteiger partial charge in [-0.15, -0.1) is 11.8 Å². The van der Waals surface area contributed by atoms with Gasteiger partial charge in [0.15, 0.2) is 0 Å². The Morgan fingerprint density at radius 2 is 2.00 bits per heavy atom. The molecule has 0 bridgehead atoms. The van der Waals surface area contributed by atoms with Crippen LogP contribution < -0.4 is 5.32 Å². The highest BCUT2D eigenvalue weighted by Gasteiger charge is 2.08. The minimum absolute atomic E-state index is 0.467. The fourth-order valence-electron chi connectivity index (χ4n) is 2.88. The first-order valence-corrected chi connectivity index (χ1v) is 9.82. The van der Waals surface area contributed by atoms with Gasteiger partial charge in [-0.3, -0.25) is 4.98 Å². The average molecular weight is 332 g/mol. The topological polar surface area (TPSA) is 28.2 Å². The summed E-state index contributed by atoms with van der Waals surface area (Å²) < 4.78 is 0. The lowest BCUT2D eigenvalue weighted by atomic mass is 10.1. The van der Waals surface area contributed by atoms with Crippen LogP contribution >= 0.6 is 11.8 Å². The second-order valence-electron chi connectivity index (χ2n) is 5.96. The van der Waals surface area contributed by atoms with Crippen molar-refractivity contribution in [1.29, 1.82) is 0 Å². The van der Waals surface area contributed by atoms with E-state index in [1.807, 2.05) is 6.20 Å². The lowest BCUT2D eigenvalue weighted by molar-refractivity contribution is 0.295. The normalized spacial score (nSPS) is 12.7. The number of nitrogens with one attached hydrogen (secondary N) is 1. The standard InChI is InChI=1S/C19H29N3S/c1-5-22(6-2)13-7-8-15(3)21-19-11-12-20-18-10-9-16(23-4)14-17(18)19/h9-12,14-15H,5-8,13H2,1-4H3,(H,20,21). The molecule has 1 heterocycles. The van der Waals surface area contributed by atoms with Gasteiger partial charge in [-0.05, 0) is 69.9 Å². The van der Waals surface area contributed by atoms with Gasteiger partial charge in [0, 0.05) is 28.2 Å². The van der Waals surface area contributed by atoms with Gasteiger partial charge < -0.3 is 10.2 Å². The van der Waals surface area contributed by atoms with E-state index in [4.69, 9.17) is 0 Å². The van der Waals surface area contributed by atoms with Crippen molar-refractivity contribution in [2.24, 2.45) is 0 Å². The summed E-state index contributed by atoms with van der Waals surface area (Å²) in [6.07, 6.45) is 6.42. The first-order chi connectivity index (χ1) is 11.2. The molecule has 0 saturated carbocycles. The van der Waals surface area contributed by atoms with Crippen LogP contribution in [0.5, 0.6) is 0 Å². The summed E-state index contributed by atoms with van der Waals surface area (Å²) >= 11 is 1.77. The van der Waals surface area contributed by atoms with E-state index >= 15 is 0 Å². The fraction of sp³-hybridized carbons (Fsp3) is 0.526. The van der Waals surface area contributed by atoms with Crippen molar-refractivity contribution in [3.05, 3.63) is 30.5 Å². The molecule has 1 aromatic heterocycles. The van der Waals surface area contributed by atoms with Crippen LogP contribution in [0.1, 0.15) is 33.6 Å². The molecule has 4 heteroatoms. The molecule has 23 heavy (non-hydrogen) atoms. The maximum absolute atomic E-state index is 4.48. The predicted octanol–water partition coefficient (Wildman–Crippen LogP) is 4.88. The summed E-state index contributed by atoms with van der Waals surface area (Å²) in [7, 11) is 0. The second-order valence-corrected chi connectivity index (χ2v) is 6.84. The fourth-order valence-corrected chi connectivity index (χ4v) is 3.32. The van der Waals surface area contributed by atoms with E-state index in [0.717, 1.165) is 18.6 Å². The third-order valence-electron chi connectivity index (χ3n) is 4.36. The maximum atomic E-state index is 4.48. The Bertz CT molecular complexity index is 611. The van der Waals surface area contributed by atoms with Crippen molar-refractivity contribution in [1.82, 2.24) is 9.88 Å². The van der Waals surface area contributed by atoms with Crippen molar-refractivity contribution in [2.75, 3.05) is 31.2 Å². The van der Waals surface area contributed by atoms with E-state index < -0.39 is 0 Å².